The summed E-state index contributed by atoms with van der Waals surface area (Å²) in [7, 11) is -3.98. The van der Waals surface area contributed by atoms with E-state index < -0.39 is 7.60 Å². The van der Waals surface area contributed by atoms with Gasteiger partial charge in [-0.05, 0) is 47.6 Å². The second-order valence-corrected chi connectivity index (χ2v) is 8.87. The van der Waals surface area contributed by atoms with E-state index in [2.05, 4.69) is 15.9 Å². The Kier molecular flexibility index (Phi) is 6.34. The zero-order valence-electron chi connectivity index (χ0n) is 12.1. The molecule has 0 aromatic carbocycles. The Morgan fingerprint density at radius 1 is 0.900 bits per heavy atom. The molecule has 2 fully saturated rings. The Labute approximate surface area is 130 Å². The van der Waals surface area contributed by atoms with Gasteiger partial charge in [-0.3, -0.25) is 4.57 Å². The first-order chi connectivity index (χ1) is 9.47. The van der Waals surface area contributed by atoms with E-state index in [1.54, 1.807) is 0 Å². The summed E-state index contributed by atoms with van der Waals surface area (Å²) in [5.74, 6) is 0.875. The summed E-state index contributed by atoms with van der Waals surface area (Å²) >= 11 is 3.73. The Bertz CT molecular complexity index is 390. The lowest BCUT2D eigenvalue weighted by molar-refractivity contribution is 0.360. The fraction of sp³-hybridized carbons (Fsp3) is 0.867. The highest BCUT2D eigenvalue weighted by atomic mass is 79.9. The second kappa shape index (κ2) is 7.58. The average Bonchev–Trinajstić information content (AvgIpc) is 2.45. The van der Waals surface area contributed by atoms with Crippen LogP contribution in [0.1, 0.15) is 64.2 Å². The van der Waals surface area contributed by atoms with Crippen molar-refractivity contribution in [3.05, 3.63) is 10.1 Å². The van der Waals surface area contributed by atoms with Crippen molar-refractivity contribution >= 4 is 23.5 Å². The van der Waals surface area contributed by atoms with E-state index in [0.29, 0.717) is 11.8 Å². The average molecular weight is 365 g/mol. The molecule has 0 spiro atoms. The SMILES string of the molecule is O=P(O)(O)C/C(=C(/Br)C1CCCCC1)C1CCCCC1. The van der Waals surface area contributed by atoms with Crippen LogP contribution in [0.3, 0.4) is 0 Å². The van der Waals surface area contributed by atoms with Crippen molar-refractivity contribution in [2.45, 2.75) is 64.2 Å². The van der Waals surface area contributed by atoms with Crippen LogP contribution in [0, 0.1) is 11.8 Å². The molecule has 0 aromatic rings. The zero-order chi connectivity index (χ0) is 14.6. The summed E-state index contributed by atoms with van der Waals surface area (Å²) in [5, 5.41) is 0. The van der Waals surface area contributed by atoms with E-state index in [9.17, 15) is 14.4 Å². The minimum absolute atomic E-state index is 0.0469. The van der Waals surface area contributed by atoms with Gasteiger partial charge < -0.3 is 9.79 Å². The highest BCUT2D eigenvalue weighted by Gasteiger charge is 2.29. The molecule has 0 saturated heterocycles. The highest BCUT2D eigenvalue weighted by molar-refractivity contribution is 9.11. The number of hydrogen-bond acceptors (Lipinski definition) is 1. The van der Waals surface area contributed by atoms with Crippen LogP contribution in [0.15, 0.2) is 10.1 Å². The van der Waals surface area contributed by atoms with Crippen LogP contribution in [0.25, 0.3) is 0 Å². The van der Waals surface area contributed by atoms with Crippen LogP contribution in [0.5, 0.6) is 0 Å². The fourth-order valence-electron chi connectivity index (χ4n) is 3.69. The lowest BCUT2D eigenvalue weighted by Gasteiger charge is -2.30. The van der Waals surface area contributed by atoms with E-state index in [4.69, 9.17) is 0 Å². The zero-order valence-corrected chi connectivity index (χ0v) is 14.5. The number of halogens is 1. The van der Waals surface area contributed by atoms with Crippen molar-refractivity contribution in [3.8, 4) is 0 Å². The van der Waals surface area contributed by atoms with Crippen molar-refractivity contribution in [1.82, 2.24) is 0 Å². The van der Waals surface area contributed by atoms with Crippen LogP contribution in [0.2, 0.25) is 0 Å². The lowest BCUT2D eigenvalue weighted by atomic mass is 9.81. The van der Waals surface area contributed by atoms with Gasteiger partial charge in [-0.1, -0.05) is 54.5 Å². The number of rotatable bonds is 4. The van der Waals surface area contributed by atoms with Gasteiger partial charge in [0.1, 0.15) is 0 Å². The van der Waals surface area contributed by atoms with E-state index in [1.165, 1.54) is 38.5 Å². The molecule has 2 aliphatic carbocycles. The molecule has 0 aromatic heterocycles. The monoisotopic (exact) mass is 364 g/mol. The molecule has 116 valence electrons. The molecule has 2 saturated carbocycles. The molecule has 0 heterocycles. The molecular weight excluding hydrogens is 339 g/mol. The molecule has 2 N–H and O–H groups in total. The highest BCUT2D eigenvalue weighted by Crippen LogP contribution is 2.46. The van der Waals surface area contributed by atoms with E-state index in [1.807, 2.05) is 0 Å². The smallest absolute Gasteiger partial charge is 0.324 e. The summed E-state index contributed by atoms with van der Waals surface area (Å²) in [6, 6.07) is 0. The van der Waals surface area contributed by atoms with Gasteiger partial charge in [0.25, 0.3) is 0 Å². The number of hydrogen-bond donors (Lipinski definition) is 2. The molecule has 2 aliphatic rings. The molecule has 0 unspecified atom stereocenters. The molecule has 0 atom stereocenters. The molecule has 2 rings (SSSR count). The predicted octanol–water partition coefficient (Wildman–Crippen LogP) is 4.97. The summed E-state index contributed by atoms with van der Waals surface area (Å²) in [5.41, 5.74) is 1.03. The van der Waals surface area contributed by atoms with Gasteiger partial charge in [-0.15, -0.1) is 0 Å². The van der Waals surface area contributed by atoms with Gasteiger partial charge in [0.2, 0.25) is 0 Å². The van der Waals surface area contributed by atoms with Crippen LogP contribution in [0.4, 0.5) is 0 Å². The first-order valence-corrected chi connectivity index (χ1v) is 10.5. The maximum atomic E-state index is 11.5. The van der Waals surface area contributed by atoms with Gasteiger partial charge in [0.05, 0.1) is 6.16 Å². The van der Waals surface area contributed by atoms with E-state index in [0.717, 1.165) is 35.7 Å². The molecule has 5 heteroatoms. The summed E-state index contributed by atoms with van der Waals surface area (Å²) < 4.78 is 12.6. The van der Waals surface area contributed by atoms with E-state index >= 15 is 0 Å². The van der Waals surface area contributed by atoms with Gasteiger partial charge in [0, 0.05) is 0 Å². The molecule has 0 aliphatic heterocycles. The van der Waals surface area contributed by atoms with Crippen LogP contribution in [-0.2, 0) is 4.57 Å². The molecule has 3 nitrogen and oxygen atoms in total. The van der Waals surface area contributed by atoms with Crippen LogP contribution >= 0.6 is 23.5 Å². The van der Waals surface area contributed by atoms with Crippen molar-refractivity contribution in [2.24, 2.45) is 11.8 Å². The van der Waals surface area contributed by atoms with Crippen molar-refractivity contribution in [1.29, 1.82) is 0 Å². The van der Waals surface area contributed by atoms with Gasteiger partial charge in [-0.25, -0.2) is 0 Å². The standard InChI is InChI=1S/C15H26BrO3P/c16-15(13-9-5-2-6-10-13)14(11-20(17,18)19)12-7-3-1-4-8-12/h12-13H,1-11H2,(H2,17,18,19)/b15-14-. The topological polar surface area (TPSA) is 57.5 Å². The molecule has 0 radical (unpaired) electrons. The van der Waals surface area contributed by atoms with Crippen molar-refractivity contribution < 1.29 is 14.4 Å². The van der Waals surface area contributed by atoms with Gasteiger partial charge >= 0.3 is 7.60 Å². The normalized spacial score (nSPS) is 24.6. The van der Waals surface area contributed by atoms with Crippen LogP contribution < -0.4 is 0 Å². The van der Waals surface area contributed by atoms with Crippen molar-refractivity contribution in [2.75, 3.05) is 6.16 Å². The second-order valence-electron chi connectivity index (χ2n) is 6.37. The quantitative estimate of drug-likeness (QED) is 0.692. The van der Waals surface area contributed by atoms with Gasteiger partial charge in [-0.2, -0.15) is 0 Å². The maximum absolute atomic E-state index is 11.5. The summed E-state index contributed by atoms with van der Waals surface area (Å²) in [6.07, 6.45) is 11.9. The fourth-order valence-corrected chi connectivity index (χ4v) is 5.70. The Balaban J connectivity index is 2.20. The number of allylic oxidation sites excluding steroid dienone is 2. The first-order valence-electron chi connectivity index (χ1n) is 7.90. The Morgan fingerprint density at radius 2 is 1.35 bits per heavy atom. The predicted molar refractivity (Wildman–Crippen MR) is 86.0 cm³/mol. The molecule has 0 amide bonds. The maximum Gasteiger partial charge on any atom is 0.329 e. The minimum Gasteiger partial charge on any atom is -0.324 e. The molecule has 0 bridgehead atoms. The Morgan fingerprint density at radius 3 is 1.80 bits per heavy atom. The Hall–Kier alpha value is 0.370. The third kappa shape index (κ3) is 4.98. The molecular formula is C15H26BrO3P. The first kappa shape index (κ1) is 16.7. The minimum atomic E-state index is -3.98. The third-order valence-electron chi connectivity index (χ3n) is 4.74. The van der Waals surface area contributed by atoms with Crippen LogP contribution in [-0.4, -0.2) is 15.9 Å². The molecule has 20 heavy (non-hydrogen) atoms. The lowest BCUT2D eigenvalue weighted by Crippen LogP contribution is -2.17. The van der Waals surface area contributed by atoms with E-state index in [-0.39, 0.29) is 6.16 Å². The third-order valence-corrected chi connectivity index (χ3v) is 6.65. The van der Waals surface area contributed by atoms with Crippen molar-refractivity contribution in [3.63, 3.8) is 0 Å². The largest absolute Gasteiger partial charge is 0.329 e. The summed E-state index contributed by atoms with van der Waals surface area (Å²) in [6.45, 7) is 0. The van der Waals surface area contributed by atoms with Gasteiger partial charge in [0.15, 0.2) is 0 Å². The summed E-state index contributed by atoms with van der Waals surface area (Å²) in [4.78, 5) is 18.8.